The van der Waals surface area contributed by atoms with Gasteiger partial charge in [0.2, 0.25) is 5.91 Å². The molecule has 0 radical (unpaired) electrons. The first kappa shape index (κ1) is 21.6. The molecular formula is C25H27ClN6O. The number of aromatic nitrogens is 3. The Bertz CT molecular complexity index is 1080. The van der Waals surface area contributed by atoms with Gasteiger partial charge in [-0.1, -0.05) is 17.7 Å². The minimum atomic E-state index is 0.0861. The first-order valence-corrected chi connectivity index (χ1v) is 11.8. The van der Waals surface area contributed by atoms with Crippen LogP contribution in [0.25, 0.3) is 11.3 Å². The number of piperidine rings is 1. The standard InChI is InChI=1S/C25H27ClN6O/c26-21-2-1-3-22(18-21)30-14-16-32(17-15-30)25(33)20-8-12-31(13-9-20)24-5-4-23(28-29-24)19-6-10-27-11-7-19/h1-7,10-11,18,20H,8-9,12-17H2. The fraction of sp³-hybridized carbons (Fsp3) is 0.360. The molecule has 2 saturated heterocycles. The van der Waals surface area contributed by atoms with Gasteiger partial charge in [0.25, 0.3) is 0 Å². The zero-order chi connectivity index (χ0) is 22.6. The van der Waals surface area contributed by atoms with Crippen LogP contribution >= 0.6 is 11.6 Å². The van der Waals surface area contributed by atoms with Crippen molar-refractivity contribution in [2.24, 2.45) is 5.92 Å². The lowest BCUT2D eigenvalue weighted by atomic mass is 9.95. The molecule has 2 aliphatic rings. The van der Waals surface area contributed by atoms with Crippen molar-refractivity contribution in [1.29, 1.82) is 0 Å². The minimum absolute atomic E-state index is 0.0861. The van der Waals surface area contributed by atoms with Crippen LogP contribution in [0.4, 0.5) is 11.5 Å². The van der Waals surface area contributed by atoms with Gasteiger partial charge in [0, 0.05) is 73.9 Å². The van der Waals surface area contributed by atoms with Crippen molar-refractivity contribution in [1.82, 2.24) is 20.1 Å². The molecule has 0 spiro atoms. The maximum absolute atomic E-state index is 13.1. The van der Waals surface area contributed by atoms with Crippen molar-refractivity contribution in [2.75, 3.05) is 49.1 Å². The lowest BCUT2D eigenvalue weighted by molar-refractivity contribution is -0.136. The molecule has 2 fully saturated rings. The third-order valence-electron chi connectivity index (χ3n) is 6.56. The van der Waals surface area contributed by atoms with Crippen LogP contribution in [0, 0.1) is 5.92 Å². The highest BCUT2D eigenvalue weighted by molar-refractivity contribution is 6.30. The molecule has 2 aromatic heterocycles. The van der Waals surface area contributed by atoms with Gasteiger partial charge in [-0.05, 0) is 55.3 Å². The van der Waals surface area contributed by atoms with E-state index in [-0.39, 0.29) is 5.92 Å². The largest absolute Gasteiger partial charge is 0.368 e. The average molecular weight is 463 g/mol. The highest BCUT2D eigenvalue weighted by atomic mass is 35.5. The summed E-state index contributed by atoms with van der Waals surface area (Å²) in [6.45, 7) is 4.83. The highest BCUT2D eigenvalue weighted by Crippen LogP contribution is 2.26. The van der Waals surface area contributed by atoms with Crippen LogP contribution in [0.3, 0.4) is 0 Å². The Kier molecular flexibility index (Phi) is 6.39. The number of anilines is 2. The van der Waals surface area contributed by atoms with E-state index in [0.717, 1.165) is 79.9 Å². The predicted molar refractivity (Wildman–Crippen MR) is 130 cm³/mol. The number of pyridine rings is 1. The Labute approximate surface area is 199 Å². The van der Waals surface area contributed by atoms with Crippen LogP contribution in [-0.2, 0) is 4.79 Å². The number of piperazine rings is 1. The number of rotatable bonds is 4. The van der Waals surface area contributed by atoms with Crippen LogP contribution < -0.4 is 9.80 Å². The van der Waals surface area contributed by atoms with Crippen LogP contribution in [0.15, 0.2) is 60.9 Å². The molecule has 0 saturated carbocycles. The molecule has 0 unspecified atom stereocenters. The Balaban J connectivity index is 1.13. The summed E-state index contributed by atoms with van der Waals surface area (Å²) in [5, 5.41) is 9.55. The van der Waals surface area contributed by atoms with Gasteiger partial charge in [0.15, 0.2) is 5.82 Å². The Hall–Kier alpha value is -3.19. The molecule has 2 aliphatic heterocycles. The summed E-state index contributed by atoms with van der Waals surface area (Å²) in [5.74, 6) is 1.25. The van der Waals surface area contributed by atoms with E-state index in [1.54, 1.807) is 12.4 Å². The molecule has 33 heavy (non-hydrogen) atoms. The lowest BCUT2D eigenvalue weighted by Crippen LogP contribution is -2.51. The second-order valence-corrected chi connectivity index (χ2v) is 9.00. The zero-order valence-electron chi connectivity index (χ0n) is 18.5. The van der Waals surface area contributed by atoms with Gasteiger partial charge in [-0.15, -0.1) is 10.2 Å². The molecule has 4 heterocycles. The van der Waals surface area contributed by atoms with Gasteiger partial charge in [-0.3, -0.25) is 9.78 Å². The fourth-order valence-electron chi connectivity index (χ4n) is 4.64. The maximum Gasteiger partial charge on any atom is 0.225 e. The van der Waals surface area contributed by atoms with Gasteiger partial charge in [-0.25, -0.2) is 0 Å². The fourth-order valence-corrected chi connectivity index (χ4v) is 4.83. The number of hydrogen-bond donors (Lipinski definition) is 0. The van der Waals surface area contributed by atoms with E-state index in [2.05, 4.69) is 31.0 Å². The molecule has 0 N–H and O–H groups in total. The van der Waals surface area contributed by atoms with Crippen molar-refractivity contribution in [3.8, 4) is 11.3 Å². The second kappa shape index (κ2) is 9.75. The van der Waals surface area contributed by atoms with Gasteiger partial charge in [-0.2, -0.15) is 0 Å². The molecule has 1 aromatic carbocycles. The van der Waals surface area contributed by atoms with Crippen LogP contribution in [0.1, 0.15) is 12.8 Å². The quantitative estimate of drug-likeness (QED) is 0.588. The van der Waals surface area contributed by atoms with E-state index in [1.807, 2.05) is 47.4 Å². The number of carbonyl (C=O) groups excluding carboxylic acids is 1. The average Bonchev–Trinajstić information content (AvgIpc) is 2.89. The Morgan fingerprint density at radius 3 is 2.27 bits per heavy atom. The number of nitrogens with zero attached hydrogens (tertiary/aromatic N) is 6. The first-order chi connectivity index (χ1) is 16.2. The number of halogens is 1. The predicted octanol–water partition coefficient (Wildman–Crippen LogP) is 3.76. The molecular weight excluding hydrogens is 436 g/mol. The molecule has 5 rings (SSSR count). The Morgan fingerprint density at radius 2 is 1.61 bits per heavy atom. The van der Waals surface area contributed by atoms with Crippen LogP contribution in [0.2, 0.25) is 5.02 Å². The van der Waals surface area contributed by atoms with Gasteiger partial charge in [0.1, 0.15) is 0 Å². The van der Waals surface area contributed by atoms with Crippen LogP contribution in [-0.4, -0.2) is 65.3 Å². The van der Waals surface area contributed by atoms with Gasteiger partial charge >= 0.3 is 0 Å². The third-order valence-corrected chi connectivity index (χ3v) is 6.79. The summed E-state index contributed by atoms with van der Waals surface area (Å²) in [7, 11) is 0. The van der Waals surface area contributed by atoms with Crippen molar-refractivity contribution in [3.63, 3.8) is 0 Å². The SMILES string of the molecule is O=C(C1CCN(c2ccc(-c3ccncc3)nn2)CC1)N1CCN(c2cccc(Cl)c2)CC1. The van der Waals surface area contributed by atoms with E-state index in [9.17, 15) is 4.79 Å². The molecule has 0 aliphatic carbocycles. The van der Waals surface area contributed by atoms with Crippen molar-refractivity contribution < 1.29 is 4.79 Å². The summed E-state index contributed by atoms with van der Waals surface area (Å²) in [6, 6.07) is 15.8. The van der Waals surface area contributed by atoms with E-state index in [4.69, 9.17) is 11.6 Å². The van der Waals surface area contributed by atoms with Gasteiger partial charge in [0.05, 0.1) is 5.69 Å². The van der Waals surface area contributed by atoms with Gasteiger partial charge < -0.3 is 14.7 Å². The van der Waals surface area contributed by atoms with Crippen LogP contribution in [0.5, 0.6) is 0 Å². The van der Waals surface area contributed by atoms with E-state index in [0.29, 0.717) is 5.91 Å². The van der Waals surface area contributed by atoms with E-state index in [1.165, 1.54) is 0 Å². The van der Waals surface area contributed by atoms with E-state index < -0.39 is 0 Å². The Morgan fingerprint density at radius 1 is 0.848 bits per heavy atom. The molecule has 170 valence electrons. The summed E-state index contributed by atoms with van der Waals surface area (Å²) in [4.78, 5) is 23.7. The summed E-state index contributed by atoms with van der Waals surface area (Å²) >= 11 is 6.13. The summed E-state index contributed by atoms with van der Waals surface area (Å²) in [5.41, 5.74) is 2.96. The topological polar surface area (TPSA) is 65.5 Å². The highest BCUT2D eigenvalue weighted by Gasteiger charge is 2.31. The molecule has 8 heteroatoms. The van der Waals surface area contributed by atoms with Crippen molar-refractivity contribution >= 4 is 29.0 Å². The maximum atomic E-state index is 13.1. The first-order valence-electron chi connectivity index (χ1n) is 11.5. The summed E-state index contributed by atoms with van der Waals surface area (Å²) in [6.07, 6.45) is 5.20. The second-order valence-electron chi connectivity index (χ2n) is 8.57. The number of benzene rings is 1. The normalized spacial score (nSPS) is 17.3. The lowest BCUT2D eigenvalue weighted by Gasteiger charge is -2.39. The molecule has 7 nitrogen and oxygen atoms in total. The molecule has 1 amide bonds. The number of amides is 1. The zero-order valence-corrected chi connectivity index (χ0v) is 19.2. The third kappa shape index (κ3) is 4.93. The minimum Gasteiger partial charge on any atom is -0.368 e. The number of hydrogen-bond acceptors (Lipinski definition) is 6. The number of carbonyl (C=O) groups is 1. The van der Waals surface area contributed by atoms with Crippen molar-refractivity contribution in [2.45, 2.75) is 12.8 Å². The smallest absolute Gasteiger partial charge is 0.225 e. The summed E-state index contributed by atoms with van der Waals surface area (Å²) < 4.78 is 0. The van der Waals surface area contributed by atoms with Crippen molar-refractivity contribution in [3.05, 3.63) is 65.9 Å². The molecule has 0 atom stereocenters. The van der Waals surface area contributed by atoms with E-state index >= 15 is 0 Å². The molecule has 3 aromatic rings. The molecule has 0 bridgehead atoms. The monoisotopic (exact) mass is 462 g/mol.